The van der Waals surface area contributed by atoms with E-state index < -0.39 is 5.91 Å². The Bertz CT molecular complexity index is 349. The van der Waals surface area contributed by atoms with E-state index in [9.17, 15) is 4.79 Å². The van der Waals surface area contributed by atoms with E-state index in [0.717, 1.165) is 24.5 Å². The summed E-state index contributed by atoms with van der Waals surface area (Å²) in [4.78, 5) is 10.9. The molecule has 0 spiro atoms. The maximum atomic E-state index is 10.9. The highest BCUT2D eigenvalue weighted by atomic mass is 16.1. The van der Waals surface area contributed by atoms with Gasteiger partial charge in [-0.05, 0) is 18.2 Å². The minimum atomic E-state index is -0.393. The van der Waals surface area contributed by atoms with Gasteiger partial charge in [0, 0.05) is 18.7 Å². The van der Waals surface area contributed by atoms with Crippen molar-refractivity contribution in [3.63, 3.8) is 0 Å². The van der Waals surface area contributed by atoms with E-state index in [-0.39, 0.29) is 0 Å². The van der Waals surface area contributed by atoms with Crippen LogP contribution in [0.15, 0.2) is 18.2 Å². The molecule has 4 N–H and O–H groups in total. The van der Waals surface area contributed by atoms with Gasteiger partial charge in [0.1, 0.15) is 0 Å². The SMILES string of the molecule is NC(=O)c1ccc2c(c1)NCCN2. The topological polar surface area (TPSA) is 67.2 Å². The van der Waals surface area contributed by atoms with Crippen LogP contribution in [-0.4, -0.2) is 19.0 Å². The summed E-state index contributed by atoms with van der Waals surface area (Å²) >= 11 is 0. The Morgan fingerprint density at radius 2 is 1.92 bits per heavy atom. The summed E-state index contributed by atoms with van der Waals surface area (Å²) in [6.07, 6.45) is 0. The smallest absolute Gasteiger partial charge is 0.248 e. The number of primary amides is 1. The highest BCUT2D eigenvalue weighted by Crippen LogP contribution is 2.24. The zero-order chi connectivity index (χ0) is 9.26. The minimum Gasteiger partial charge on any atom is -0.382 e. The fourth-order valence-electron chi connectivity index (χ4n) is 1.39. The quantitative estimate of drug-likeness (QED) is 0.589. The van der Waals surface area contributed by atoms with Crippen LogP contribution in [0.5, 0.6) is 0 Å². The zero-order valence-corrected chi connectivity index (χ0v) is 7.13. The fourth-order valence-corrected chi connectivity index (χ4v) is 1.39. The maximum absolute atomic E-state index is 10.9. The first-order chi connectivity index (χ1) is 6.27. The van der Waals surface area contributed by atoms with Crippen molar-refractivity contribution in [2.24, 2.45) is 5.73 Å². The van der Waals surface area contributed by atoms with Crippen LogP contribution in [0.25, 0.3) is 0 Å². The molecule has 0 aliphatic carbocycles. The maximum Gasteiger partial charge on any atom is 0.248 e. The van der Waals surface area contributed by atoms with Crippen molar-refractivity contribution in [2.45, 2.75) is 0 Å². The van der Waals surface area contributed by atoms with Gasteiger partial charge in [0.25, 0.3) is 0 Å². The van der Waals surface area contributed by atoms with Crippen molar-refractivity contribution in [3.8, 4) is 0 Å². The summed E-state index contributed by atoms with van der Waals surface area (Å²) in [5, 5.41) is 6.40. The number of benzene rings is 1. The molecule has 1 aliphatic rings. The summed E-state index contributed by atoms with van der Waals surface area (Å²) in [5.74, 6) is -0.393. The monoisotopic (exact) mass is 177 g/mol. The molecule has 4 nitrogen and oxygen atoms in total. The fraction of sp³-hybridized carbons (Fsp3) is 0.222. The van der Waals surface area contributed by atoms with E-state index in [1.165, 1.54) is 0 Å². The number of carbonyl (C=O) groups excluding carboxylic acids is 1. The molecule has 0 radical (unpaired) electrons. The third-order valence-electron chi connectivity index (χ3n) is 2.06. The van der Waals surface area contributed by atoms with Crippen molar-refractivity contribution in [3.05, 3.63) is 23.8 Å². The summed E-state index contributed by atoms with van der Waals surface area (Å²) in [6, 6.07) is 5.35. The van der Waals surface area contributed by atoms with E-state index in [1.54, 1.807) is 12.1 Å². The Balaban J connectivity index is 2.40. The molecule has 0 bridgehead atoms. The number of nitrogens with one attached hydrogen (secondary N) is 2. The highest BCUT2D eigenvalue weighted by molar-refractivity contribution is 5.95. The predicted octanol–water partition coefficient (Wildman–Crippen LogP) is 0.623. The van der Waals surface area contributed by atoms with Crippen LogP contribution in [0.4, 0.5) is 11.4 Å². The number of hydrogen-bond donors (Lipinski definition) is 3. The molecular weight excluding hydrogens is 166 g/mol. The van der Waals surface area contributed by atoms with Crippen LogP contribution in [-0.2, 0) is 0 Å². The second-order valence-corrected chi connectivity index (χ2v) is 2.98. The number of nitrogens with two attached hydrogens (primary N) is 1. The molecule has 68 valence electrons. The van der Waals surface area contributed by atoms with Crippen molar-refractivity contribution in [1.82, 2.24) is 0 Å². The Hall–Kier alpha value is -1.71. The molecular formula is C9H11N3O. The Labute approximate surface area is 76.1 Å². The first-order valence-corrected chi connectivity index (χ1v) is 4.19. The van der Waals surface area contributed by atoms with Gasteiger partial charge in [0.05, 0.1) is 11.4 Å². The molecule has 1 aromatic carbocycles. The number of fused-ring (bicyclic) bond motifs is 1. The van der Waals surface area contributed by atoms with Gasteiger partial charge in [0.2, 0.25) is 5.91 Å². The molecule has 0 unspecified atom stereocenters. The second-order valence-electron chi connectivity index (χ2n) is 2.98. The van der Waals surface area contributed by atoms with E-state index >= 15 is 0 Å². The molecule has 2 rings (SSSR count). The molecule has 4 heteroatoms. The van der Waals surface area contributed by atoms with Crippen molar-refractivity contribution >= 4 is 17.3 Å². The Kier molecular flexibility index (Phi) is 1.81. The molecule has 0 saturated carbocycles. The van der Waals surface area contributed by atoms with Crippen LogP contribution >= 0.6 is 0 Å². The first-order valence-electron chi connectivity index (χ1n) is 4.19. The van der Waals surface area contributed by atoms with E-state index in [1.807, 2.05) is 6.07 Å². The molecule has 0 saturated heterocycles. The number of rotatable bonds is 1. The normalized spacial score (nSPS) is 13.8. The third-order valence-corrected chi connectivity index (χ3v) is 2.06. The summed E-state index contributed by atoms with van der Waals surface area (Å²) in [7, 11) is 0. The van der Waals surface area contributed by atoms with Gasteiger partial charge >= 0.3 is 0 Å². The molecule has 1 aromatic rings. The molecule has 0 fully saturated rings. The van der Waals surface area contributed by atoms with E-state index in [4.69, 9.17) is 5.73 Å². The first kappa shape index (κ1) is 7.91. The third kappa shape index (κ3) is 1.42. The van der Waals surface area contributed by atoms with E-state index in [2.05, 4.69) is 10.6 Å². The van der Waals surface area contributed by atoms with E-state index in [0.29, 0.717) is 5.56 Å². The predicted molar refractivity (Wildman–Crippen MR) is 51.9 cm³/mol. The molecule has 1 amide bonds. The van der Waals surface area contributed by atoms with Gasteiger partial charge in [-0.25, -0.2) is 0 Å². The van der Waals surface area contributed by atoms with Gasteiger partial charge in [-0.15, -0.1) is 0 Å². The molecule has 0 atom stereocenters. The lowest BCUT2D eigenvalue weighted by Crippen LogP contribution is -2.21. The summed E-state index contributed by atoms with van der Waals surface area (Å²) in [5.41, 5.74) is 7.67. The number of carbonyl (C=O) groups is 1. The molecule has 13 heavy (non-hydrogen) atoms. The number of anilines is 2. The summed E-state index contributed by atoms with van der Waals surface area (Å²) < 4.78 is 0. The Morgan fingerprint density at radius 3 is 2.62 bits per heavy atom. The van der Waals surface area contributed by atoms with Crippen molar-refractivity contribution in [1.29, 1.82) is 0 Å². The van der Waals surface area contributed by atoms with Crippen LogP contribution < -0.4 is 16.4 Å². The lowest BCUT2D eigenvalue weighted by atomic mass is 10.1. The average molecular weight is 177 g/mol. The van der Waals surface area contributed by atoms with Crippen molar-refractivity contribution in [2.75, 3.05) is 23.7 Å². The second kappa shape index (κ2) is 2.97. The van der Waals surface area contributed by atoms with Gasteiger partial charge in [-0.2, -0.15) is 0 Å². The highest BCUT2D eigenvalue weighted by Gasteiger charge is 2.09. The largest absolute Gasteiger partial charge is 0.382 e. The average Bonchev–Trinajstić information content (AvgIpc) is 2.17. The number of amides is 1. The molecule has 1 aliphatic heterocycles. The molecule has 1 heterocycles. The number of hydrogen-bond acceptors (Lipinski definition) is 3. The van der Waals surface area contributed by atoms with Crippen molar-refractivity contribution < 1.29 is 4.79 Å². The van der Waals surface area contributed by atoms with Crippen LogP contribution in [0, 0.1) is 0 Å². The van der Waals surface area contributed by atoms with Gasteiger partial charge in [-0.1, -0.05) is 0 Å². The van der Waals surface area contributed by atoms with Crippen LogP contribution in [0.2, 0.25) is 0 Å². The zero-order valence-electron chi connectivity index (χ0n) is 7.13. The summed E-state index contributed by atoms with van der Waals surface area (Å²) in [6.45, 7) is 1.78. The van der Waals surface area contributed by atoms with Gasteiger partial charge in [-0.3, -0.25) is 4.79 Å². The Morgan fingerprint density at radius 1 is 1.23 bits per heavy atom. The van der Waals surface area contributed by atoms with Crippen LogP contribution in [0.1, 0.15) is 10.4 Å². The van der Waals surface area contributed by atoms with Crippen LogP contribution in [0.3, 0.4) is 0 Å². The molecule has 0 aromatic heterocycles. The lowest BCUT2D eigenvalue weighted by molar-refractivity contribution is 0.100. The minimum absolute atomic E-state index is 0.393. The van der Waals surface area contributed by atoms with Gasteiger partial charge in [0.15, 0.2) is 0 Å². The lowest BCUT2D eigenvalue weighted by Gasteiger charge is -2.19. The standard InChI is InChI=1S/C9H11N3O/c10-9(13)6-1-2-7-8(5-6)12-4-3-11-7/h1-2,5,11-12H,3-4H2,(H2,10,13). The van der Waals surface area contributed by atoms with Gasteiger partial charge < -0.3 is 16.4 Å².